The Morgan fingerprint density at radius 2 is 1.90 bits per heavy atom. The van der Waals surface area contributed by atoms with Gasteiger partial charge in [0.05, 0.1) is 29.8 Å². The van der Waals surface area contributed by atoms with Crippen molar-refractivity contribution >= 4 is 23.2 Å². The summed E-state index contributed by atoms with van der Waals surface area (Å²) in [6.45, 7) is 3.96. The van der Waals surface area contributed by atoms with Gasteiger partial charge < -0.3 is 30.1 Å². The number of benzene rings is 1. The van der Waals surface area contributed by atoms with E-state index in [1.54, 1.807) is 7.11 Å². The van der Waals surface area contributed by atoms with Gasteiger partial charge in [0.2, 0.25) is 0 Å². The minimum absolute atomic E-state index is 0.139. The Hall–Kier alpha value is -3.38. The molecule has 0 aliphatic heterocycles. The minimum atomic E-state index is -0.139. The molecular formula is C23H26N4O2. The number of rotatable bonds is 4. The van der Waals surface area contributed by atoms with Crippen molar-refractivity contribution in [2.75, 3.05) is 14.2 Å². The molecule has 0 fully saturated rings. The second kappa shape index (κ2) is 7.56. The zero-order valence-corrected chi connectivity index (χ0v) is 17.1. The first-order chi connectivity index (χ1) is 14.1. The average Bonchev–Trinajstić information content (AvgIpc) is 3.35. The zero-order chi connectivity index (χ0) is 20.5. The third-order valence-corrected chi connectivity index (χ3v) is 5.21. The van der Waals surface area contributed by atoms with Crippen LogP contribution in [0.1, 0.15) is 22.5 Å². The third-order valence-electron chi connectivity index (χ3n) is 5.21. The van der Waals surface area contributed by atoms with Crippen molar-refractivity contribution in [3.05, 3.63) is 74.1 Å². The van der Waals surface area contributed by atoms with E-state index in [0.717, 1.165) is 54.7 Å². The normalized spacial score (nSPS) is 14.1. The zero-order valence-electron chi connectivity index (χ0n) is 17.1. The molecule has 0 bridgehead atoms. The Balaban J connectivity index is 2.18. The summed E-state index contributed by atoms with van der Waals surface area (Å²) in [4.78, 5) is 10.3. The van der Waals surface area contributed by atoms with Crippen LogP contribution in [-0.2, 0) is 6.61 Å². The van der Waals surface area contributed by atoms with E-state index in [2.05, 4.69) is 39.3 Å². The highest BCUT2D eigenvalue weighted by molar-refractivity contribution is 5.80. The van der Waals surface area contributed by atoms with Crippen LogP contribution in [0.2, 0.25) is 0 Å². The van der Waals surface area contributed by atoms with E-state index in [0.29, 0.717) is 5.75 Å². The number of nitrogens with one attached hydrogen (secondary N) is 4. The molecule has 6 heteroatoms. The van der Waals surface area contributed by atoms with E-state index in [1.807, 2.05) is 44.4 Å². The van der Waals surface area contributed by atoms with Crippen LogP contribution in [0.5, 0.6) is 5.75 Å². The van der Waals surface area contributed by atoms with E-state index in [9.17, 15) is 5.11 Å². The number of H-pyrrole nitrogens is 3. The number of hydrogen-bond donors (Lipinski definition) is 5. The standard InChI is InChI=1S/C23H26N4O2/c1-13-9-14(2)25-19(13)10-20-23(29-4)17(12-28)22(27-20)21-16(11-24-3)15-7-5-6-8-18(15)26-21/h5-11,24-28H,12H2,1-4H3/b16-11+,20-10-,22-21-. The Morgan fingerprint density at radius 1 is 1.10 bits per heavy atom. The number of hydrogen-bond acceptors (Lipinski definition) is 3. The first kappa shape index (κ1) is 19.0. The van der Waals surface area contributed by atoms with Crippen molar-refractivity contribution < 1.29 is 9.84 Å². The third kappa shape index (κ3) is 3.21. The van der Waals surface area contributed by atoms with Crippen LogP contribution in [0.4, 0.5) is 0 Å². The van der Waals surface area contributed by atoms with E-state index >= 15 is 0 Å². The van der Waals surface area contributed by atoms with Crippen molar-refractivity contribution in [2.45, 2.75) is 20.5 Å². The lowest BCUT2D eigenvalue weighted by Crippen LogP contribution is -2.09. The summed E-state index contributed by atoms with van der Waals surface area (Å²) in [7, 11) is 3.51. The molecule has 0 amide bonds. The first-order valence-electron chi connectivity index (χ1n) is 9.59. The molecule has 0 saturated carbocycles. The lowest BCUT2D eigenvalue weighted by atomic mass is 10.2. The van der Waals surface area contributed by atoms with Crippen molar-refractivity contribution in [1.82, 2.24) is 20.3 Å². The van der Waals surface area contributed by atoms with Crippen molar-refractivity contribution in [3.8, 4) is 5.75 Å². The number of methoxy groups -OCH3 is 1. The number of aromatic nitrogens is 3. The molecule has 0 radical (unpaired) electrons. The molecule has 0 atom stereocenters. The smallest absolute Gasteiger partial charge is 0.150 e. The predicted octanol–water partition coefficient (Wildman–Crippen LogP) is 2.02. The van der Waals surface area contributed by atoms with Gasteiger partial charge >= 0.3 is 0 Å². The molecule has 3 aromatic heterocycles. The molecule has 150 valence electrons. The molecule has 4 rings (SSSR count). The average molecular weight is 390 g/mol. The van der Waals surface area contributed by atoms with Gasteiger partial charge in [0.15, 0.2) is 0 Å². The van der Waals surface area contributed by atoms with Gasteiger partial charge in [0.1, 0.15) is 5.75 Å². The van der Waals surface area contributed by atoms with E-state index < -0.39 is 0 Å². The van der Waals surface area contributed by atoms with Crippen LogP contribution >= 0.6 is 0 Å². The largest absolute Gasteiger partial charge is 0.494 e. The van der Waals surface area contributed by atoms with Gasteiger partial charge in [-0.2, -0.15) is 0 Å². The maximum Gasteiger partial charge on any atom is 0.150 e. The van der Waals surface area contributed by atoms with E-state index in [1.165, 1.54) is 0 Å². The number of ether oxygens (including phenoxy) is 1. The number of para-hydroxylation sites is 1. The van der Waals surface area contributed by atoms with E-state index in [-0.39, 0.29) is 6.61 Å². The Kier molecular flexibility index (Phi) is 4.94. The summed E-state index contributed by atoms with van der Waals surface area (Å²) < 4.78 is 5.69. The van der Waals surface area contributed by atoms with Gasteiger partial charge in [-0.05, 0) is 37.6 Å². The lowest BCUT2D eigenvalue weighted by molar-refractivity contribution is 0.273. The quantitative estimate of drug-likeness (QED) is 0.369. The van der Waals surface area contributed by atoms with E-state index in [4.69, 9.17) is 4.74 Å². The molecule has 1 aromatic carbocycles. The van der Waals surface area contributed by atoms with Gasteiger partial charge in [-0.3, -0.25) is 0 Å². The fourth-order valence-electron chi connectivity index (χ4n) is 3.94. The predicted molar refractivity (Wildman–Crippen MR) is 116 cm³/mol. The summed E-state index contributed by atoms with van der Waals surface area (Å²) in [5.74, 6) is 0.642. The van der Waals surface area contributed by atoms with Gasteiger partial charge in [-0.1, -0.05) is 18.2 Å². The van der Waals surface area contributed by atoms with Gasteiger partial charge in [0, 0.05) is 46.3 Å². The van der Waals surface area contributed by atoms with Gasteiger partial charge in [-0.25, -0.2) is 0 Å². The van der Waals surface area contributed by atoms with Crippen LogP contribution in [-0.4, -0.2) is 34.2 Å². The molecule has 0 aliphatic rings. The Morgan fingerprint density at radius 3 is 2.55 bits per heavy atom. The molecule has 0 spiro atoms. The summed E-state index contributed by atoms with van der Waals surface area (Å²) in [6, 6.07) is 10.2. The summed E-state index contributed by atoms with van der Waals surface area (Å²) in [5.41, 5.74) is 5.01. The Labute approximate surface area is 168 Å². The molecule has 6 nitrogen and oxygen atoms in total. The second-order valence-corrected chi connectivity index (χ2v) is 7.17. The Bertz CT molecular complexity index is 1390. The van der Waals surface area contributed by atoms with Crippen LogP contribution in [0, 0.1) is 24.5 Å². The van der Waals surface area contributed by atoms with Crippen LogP contribution < -0.4 is 20.6 Å². The minimum Gasteiger partial charge on any atom is -0.494 e. The highest BCUT2D eigenvalue weighted by Crippen LogP contribution is 2.17. The summed E-state index contributed by atoms with van der Waals surface area (Å²) in [5, 5.41) is 18.0. The molecule has 0 unspecified atom stereocenters. The molecule has 3 heterocycles. The van der Waals surface area contributed by atoms with Crippen molar-refractivity contribution in [1.29, 1.82) is 0 Å². The van der Waals surface area contributed by atoms with Crippen LogP contribution in [0.3, 0.4) is 0 Å². The topological polar surface area (TPSA) is 88.9 Å². The molecular weight excluding hydrogens is 364 g/mol. The van der Waals surface area contributed by atoms with Gasteiger partial charge in [0.25, 0.3) is 0 Å². The maximum absolute atomic E-state index is 10.2. The number of aliphatic hydroxyl groups is 1. The summed E-state index contributed by atoms with van der Waals surface area (Å²) in [6.07, 6.45) is 3.98. The lowest BCUT2D eigenvalue weighted by Gasteiger charge is -1.99. The fraction of sp³-hybridized carbons (Fsp3) is 0.217. The highest BCUT2D eigenvalue weighted by Gasteiger charge is 2.12. The summed E-state index contributed by atoms with van der Waals surface area (Å²) >= 11 is 0. The number of aryl methyl sites for hydroxylation is 2. The fourth-order valence-corrected chi connectivity index (χ4v) is 3.94. The first-order valence-corrected chi connectivity index (χ1v) is 9.59. The van der Waals surface area contributed by atoms with Crippen LogP contribution in [0.15, 0.2) is 30.3 Å². The molecule has 0 aliphatic carbocycles. The van der Waals surface area contributed by atoms with Gasteiger partial charge in [-0.15, -0.1) is 0 Å². The molecule has 29 heavy (non-hydrogen) atoms. The number of fused-ring (bicyclic) bond motifs is 1. The van der Waals surface area contributed by atoms with Crippen molar-refractivity contribution in [2.24, 2.45) is 0 Å². The van der Waals surface area contributed by atoms with Crippen molar-refractivity contribution in [3.63, 3.8) is 0 Å². The number of aromatic amines is 3. The highest BCUT2D eigenvalue weighted by atomic mass is 16.5. The molecule has 4 aromatic rings. The molecule has 5 N–H and O–H groups in total. The van der Waals surface area contributed by atoms with Crippen LogP contribution in [0.25, 0.3) is 23.2 Å². The SMILES string of the molecule is CN/C=c1/c(=c2/[nH]/c(=C\c3[nH]c(C)cc3C)c(OC)c2CO)[nH]c2ccccc12. The number of aliphatic hydroxyl groups excluding tert-OH is 1. The second-order valence-electron chi connectivity index (χ2n) is 7.17. The monoisotopic (exact) mass is 390 g/mol. The molecule has 0 saturated heterocycles. The maximum atomic E-state index is 10.2.